The lowest BCUT2D eigenvalue weighted by Crippen LogP contribution is -2.30. The lowest BCUT2D eigenvalue weighted by Gasteiger charge is -2.20. The van der Waals surface area contributed by atoms with Gasteiger partial charge >= 0.3 is 0 Å². The Labute approximate surface area is 106 Å². The second kappa shape index (κ2) is 5.18. The molecule has 0 aliphatic heterocycles. The van der Waals surface area contributed by atoms with E-state index >= 15 is 0 Å². The Bertz CT molecular complexity index is 591. The first-order valence-corrected chi connectivity index (χ1v) is 5.93. The minimum atomic E-state index is -0.0905. The molecule has 5 heteroatoms. The van der Waals surface area contributed by atoms with Gasteiger partial charge in [-0.1, -0.05) is 12.1 Å². The Balaban J connectivity index is 2.31. The monoisotopic (exact) mass is 246 g/mol. The van der Waals surface area contributed by atoms with Crippen molar-refractivity contribution in [2.24, 2.45) is 0 Å². The summed E-state index contributed by atoms with van der Waals surface area (Å²) < 4.78 is 0. The number of aromatic nitrogens is 2. The van der Waals surface area contributed by atoms with E-state index in [-0.39, 0.29) is 5.56 Å². The van der Waals surface area contributed by atoms with Crippen LogP contribution in [0.5, 0.6) is 0 Å². The molecule has 2 rings (SSSR count). The molecule has 0 bridgehead atoms. The number of nitrogens with zero attached hydrogens (tertiary/aromatic N) is 3. The fraction of sp³-hybridized carbons (Fsp3) is 0.385. The van der Waals surface area contributed by atoms with Crippen LogP contribution in [0, 0.1) is 0 Å². The highest BCUT2D eigenvalue weighted by atomic mass is 16.1. The first-order chi connectivity index (χ1) is 8.58. The van der Waals surface area contributed by atoms with Crippen LogP contribution in [0.15, 0.2) is 29.1 Å². The van der Waals surface area contributed by atoms with Crippen LogP contribution in [-0.4, -0.2) is 49.1 Å². The zero-order valence-corrected chi connectivity index (χ0v) is 11.0. The molecule has 1 aromatic carbocycles. The molecule has 0 aliphatic rings. The molecule has 5 nitrogen and oxygen atoms in total. The van der Waals surface area contributed by atoms with Gasteiger partial charge in [0.05, 0.1) is 10.9 Å². The molecule has 0 atom stereocenters. The summed E-state index contributed by atoms with van der Waals surface area (Å²) in [7, 11) is 5.96. The Hall–Kier alpha value is -1.88. The zero-order valence-electron chi connectivity index (χ0n) is 11.0. The maximum atomic E-state index is 11.9. The lowest BCUT2D eigenvalue weighted by molar-refractivity contribution is 0.415. The molecule has 0 aliphatic carbocycles. The summed E-state index contributed by atoms with van der Waals surface area (Å²) in [5, 5.41) is 0.627. The number of hydrogen-bond donors (Lipinski definition) is 1. The molecular weight excluding hydrogens is 228 g/mol. The van der Waals surface area contributed by atoms with E-state index in [0.29, 0.717) is 11.3 Å². The molecule has 0 spiro atoms. The quantitative estimate of drug-likeness (QED) is 0.871. The van der Waals surface area contributed by atoms with Crippen LogP contribution in [-0.2, 0) is 0 Å². The fourth-order valence-corrected chi connectivity index (χ4v) is 1.71. The van der Waals surface area contributed by atoms with Crippen LogP contribution >= 0.6 is 0 Å². The predicted octanol–water partition coefficient (Wildman–Crippen LogP) is 0.921. The van der Waals surface area contributed by atoms with Crippen LogP contribution in [0.25, 0.3) is 10.9 Å². The number of anilines is 1. The topological polar surface area (TPSA) is 52.2 Å². The number of aromatic amines is 1. The van der Waals surface area contributed by atoms with Crippen LogP contribution < -0.4 is 10.5 Å². The summed E-state index contributed by atoms with van der Waals surface area (Å²) >= 11 is 0. The molecular formula is C13H18N4O. The second-order valence-corrected chi connectivity index (χ2v) is 4.63. The van der Waals surface area contributed by atoms with Crippen molar-refractivity contribution in [1.29, 1.82) is 0 Å². The van der Waals surface area contributed by atoms with Gasteiger partial charge in [-0.15, -0.1) is 0 Å². The van der Waals surface area contributed by atoms with Crippen molar-refractivity contribution in [2.75, 3.05) is 39.1 Å². The number of nitrogens with one attached hydrogen (secondary N) is 1. The fourth-order valence-electron chi connectivity index (χ4n) is 1.71. The molecule has 18 heavy (non-hydrogen) atoms. The summed E-state index contributed by atoms with van der Waals surface area (Å²) in [6, 6.07) is 7.37. The van der Waals surface area contributed by atoms with Gasteiger partial charge in [0.25, 0.3) is 5.56 Å². The second-order valence-electron chi connectivity index (χ2n) is 4.63. The molecule has 1 N–H and O–H groups in total. The van der Waals surface area contributed by atoms with Crippen molar-refractivity contribution in [1.82, 2.24) is 14.9 Å². The summed E-state index contributed by atoms with van der Waals surface area (Å²) in [5.74, 6) is 0.612. The van der Waals surface area contributed by atoms with Crippen molar-refractivity contribution >= 4 is 16.9 Å². The summed E-state index contributed by atoms with van der Waals surface area (Å²) in [6.07, 6.45) is 0. The van der Waals surface area contributed by atoms with Gasteiger partial charge in [-0.3, -0.25) is 9.78 Å². The third-order valence-corrected chi connectivity index (χ3v) is 2.84. The van der Waals surface area contributed by atoms with E-state index in [9.17, 15) is 4.79 Å². The van der Waals surface area contributed by atoms with E-state index in [1.165, 1.54) is 0 Å². The Morgan fingerprint density at radius 3 is 2.61 bits per heavy atom. The highest BCUT2D eigenvalue weighted by molar-refractivity contribution is 5.78. The number of para-hydroxylation sites is 1. The molecule has 0 saturated heterocycles. The Morgan fingerprint density at radius 1 is 1.17 bits per heavy atom. The van der Waals surface area contributed by atoms with E-state index < -0.39 is 0 Å². The first kappa shape index (κ1) is 12.6. The third-order valence-electron chi connectivity index (χ3n) is 2.84. The van der Waals surface area contributed by atoms with Gasteiger partial charge in [-0.25, -0.2) is 4.98 Å². The average Bonchev–Trinajstić information content (AvgIpc) is 2.36. The van der Waals surface area contributed by atoms with Gasteiger partial charge < -0.3 is 9.80 Å². The minimum absolute atomic E-state index is 0.0905. The van der Waals surface area contributed by atoms with E-state index in [1.54, 1.807) is 6.07 Å². The highest BCUT2D eigenvalue weighted by Gasteiger charge is 2.07. The van der Waals surface area contributed by atoms with E-state index in [2.05, 4.69) is 14.9 Å². The standard InChI is InChI=1S/C13H18N4O/c1-16(2)8-9-17(3)13-14-11-7-5-4-6-10(11)12(18)15-13/h4-7H,8-9H2,1-3H3,(H,14,15,18). The molecule has 96 valence electrons. The number of hydrogen-bond acceptors (Lipinski definition) is 4. The smallest absolute Gasteiger partial charge is 0.260 e. The van der Waals surface area contributed by atoms with Gasteiger partial charge in [0.1, 0.15) is 0 Å². The molecule has 0 amide bonds. The van der Waals surface area contributed by atoms with Crippen LogP contribution in [0.1, 0.15) is 0 Å². The summed E-state index contributed by atoms with van der Waals surface area (Å²) in [6.45, 7) is 1.72. The van der Waals surface area contributed by atoms with Gasteiger partial charge in [-0.2, -0.15) is 0 Å². The molecule has 0 saturated carbocycles. The van der Waals surface area contributed by atoms with Crippen molar-refractivity contribution in [3.63, 3.8) is 0 Å². The number of rotatable bonds is 4. The van der Waals surface area contributed by atoms with Crippen LogP contribution in [0.3, 0.4) is 0 Å². The molecule has 1 aromatic heterocycles. The molecule has 1 heterocycles. The van der Waals surface area contributed by atoms with E-state index in [0.717, 1.165) is 18.6 Å². The van der Waals surface area contributed by atoms with Crippen molar-refractivity contribution < 1.29 is 0 Å². The van der Waals surface area contributed by atoms with E-state index in [1.807, 2.05) is 44.2 Å². The summed E-state index contributed by atoms with van der Waals surface area (Å²) in [4.78, 5) is 23.2. The Morgan fingerprint density at radius 2 is 1.89 bits per heavy atom. The van der Waals surface area contributed by atoms with Gasteiger partial charge in [0, 0.05) is 20.1 Å². The van der Waals surface area contributed by atoms with Gasteiger partial charge in [0.2, 0.25) is 5.95 Å². The van der Waals surface area contributed by atoms with Gasteiger partial charge in [-0.05, 0) is 26.2 Å². The van der Waals surface area contributed by atoms with Crippen molar-refractivity contribution in [2.45, 2.75) is 0 Å². The van der Waals surface area contributed by atoms with Crippen LogP contribution in [0.4, 0.5) is 5.95 Å². The number of likely N-dealkylation sites (N-methyl/N-ethyl adjacent to an activating group) is 2. The lowest BCUT2D eigenvalue weighted by atomic mass is 10.2. The maximum absolute atomic E-state index is 11.9. The Kier molecular flexibility index (Phi) is 3.62. The maximum Gasteiger partial charge on any atom is 0.260 e. The molecule has 2 aromatic rings. The van der Waals surface area contributed by atoms with Crippen LogP contribution in [0.2, 0.25) is 0 Å². The zero-order chi connectivity index (χ0) is 13.1. The van der Waals surface area contributed by atoms with Crippen molar-refractivity contribution in [3.05, 3.63) is 34.6 Å². The summed E-state index contributed by atoms with van der Waals surface area (Å²) in [5.41, 5.74) is 0.639. The molecule has 0 unspecified atom stereocenters. The van der Waals surface area contributed by atoms with E-state index in [4.69, 9.17) is 0 Å². The SMILES string of the molecule is CN(C)CCN(C)c1nc2ccccc2c(=O)[nH]1. The normalized spacial score (nSPS) is 11.1. The minimum Gasteiger partial charge on any atom is -0.344 e. The average molecular weight is 246 g/mol. The number of fused-ring (bicyclic) bond motifs is 1. The van der Waals surface area contributed by atoms with Gasteiger partial charge in [0.15, 0.2) is 0 Å². The molecule has 0 fully saturated rings. The number of benzene rings is 1. The third kappa shape index (κ3) is 2.68. The highest BCUT2D eigenvalue weighted by Crippen LogP contribution is 2.10. The first-order valence-electron chi connectivity index (χ1n) is 5.93. The van der Waals surface area contributed by atoms with Crippen molar-refractivity contribution in [3.8, 4) is 0 Å². The molecule has 0 radical (unpaired) electrons. The number of H-pyrrole nitrogens is 1. The largest absolute Gasteiger partial charge is 0.344 e. The predicted molar refractivity (Wildman–Crippen MR) is 74.2 cm³/mol.